The number of nitrogens with two attached hydrogens (primary N) is 1. The Morgan fingerprint density at radius 2 is 1.91 bits per heavy atom. The van der Waals surface area contributed by atoms with Gasteiger partial charge in [0.05, 0.1) is 13.2 Å². The molecule has 0 radical (unpaired) electrons. The molecule has 0 heterocycles. The second kappa shape index (κ2) is 9.22. The molecule has 0 aliphatic carbocycles. The highest BCUT2D eigenvalue weighted by Crippen LogP contribution is 2.18. The average molecular weight is 329 g/mol. The van der Waals surface area contributed by atoms with Crippen LogP contribution in [0.3, 0.4) is 0 Å². The van der Waals surface area contributed by atoms with Gasteiger partial charge in [-0.3, -0.25) is 4.99 Å². The first kappa shape index (κ1) is 17.4. The van der Waals surface area contributed by atoms with Crippen LogP contribution in [0.5, 0.6) is 0 Å². The van der Waals surface area contributed by atoms with Crippen LogP contribution in [0, 0.1) is 6.92 Å². The first-order chi connectivity index (χ1) is 11.2. The summed E-state index contributed by atoms with van der Waals surface area (Å²) in [5, 5.41) is 3.14. The molecule has 122 valence electrons. The zero-order valence-electron chi connectivity index (χ0n) is 13.6. The molecule has 5 heteroatoms. The van der Waals surface area contributed by atoms with Gasteiger partial charge in [-0.15, -0.1) is 11.8 Å². The Balaban J connectivity index is 1.82. The van der Waals surface area contributed by atoms with Crippen molar-refractivity contribution in [1.82, 2.24) is 0 Å². The lowest BCUT2D eigenvalue weighted by molar-refractivity contribution is 0.185. The van der Waals surface area contributed by atoms with Crippen molar-refractivity contribution in [3.8, 4) is 0 Å². The van der Waals surface area contributed by atoms with Crippen molar-refractivity contribution in [2.45, 2.75) is 18.4 Å². The Morgan fingerprint density at radius 3 is 2.65 bits per heavy atom. The molecule has 0 unspecified atom stereocenters. The molecule has 0 bridgehead atoms. The van der Waals surface area contributed by atoms with E-state index in [1.54, 1.807) is 18.9 Å². The van der Waals surface area contributed by atoms with Crippen LogP contribution in [0.4, 0.5) is 5.69 Å². The maximum atomic E-state index is 5.96. The Kier molecular flexibility index (Phi) is 6.97. The number of para-hydroxylation sites is 1. The standard InChI is InChI=1S/C18H23N3OS/c1-14-7-9-16(10-8-14)23-12-11-20-18(19)21-17-6-4-3-5-15(17)13-22-2/h3-10H,11-13H2,1-2H3,(H3,19,20,21). The van der Waals surface area contributed by atoms with Gasteiger partial charge in [-0.2, -0.15) is 0 Å². The Hall–Kier alpha value is -1.98. The number of thioether (sulfide) groups is 1. The average Bonchev–Trinajstić information content (AvgIpc) is 2.55. The van der Waals surface area contributed by atoms with Crippen LogP contribution >= 0.6 is 11.8 Å². The van der Waals surface area contributed by atoms with E-state index in [0.717, 1.165) is 17.0 Å². The van der Waals surface area contributed by atoms with E-state index in [9.17, 15) is 0 Å². The molecule has 0 aliphatic rings. The van der Waals surface area contributed by atoms with Gasteiger partial charge < -0.3 is 15.8 Å². The van der Waals surface area contributed by atoms with Crippen molar-refractivity contribution in [2.75, 3.05) is 24.7 Å². The SMILES string of the molecule is COCc1ccccc1NC(N)=NCCSc1ccc(C)cc1. The van der Waals surface area contributed by atoms with Crippen LogP contribution < -0.4 is 11.1 Å². The first-order valence-corrected chi connectivity index (χ1v) is 8.51. The summed E-state index contributed by atoms with van der Waals surface area (Å²) in [5.74, 6) is 1.32. The van der Waals surface area contributed by atoms with Gasteiger partial charge in [0, 0.05) is 29.0 Å². The smallest absolute Gasteiger partial charge is 0.193 e. The summed E-state index contributed by atoms with van der Waals surface area (Å²) in [4.78, 5) is 5.63. The summed E-state index contributed by atoms with van der Waals surface area (Å²) >= 11 is 1.78. The lowest BCUT2D eigenvalue weighted by Gasteiger charge is -2.10. The van der Waals surface area contributed by atoms with E-state index in [1.807, 2.05) is 24.3 Å². The fourth-order valence-electron chi connectivity index (χ4n) is 2.07. The number of ether oxygens (including phenoxy) is 1. The zero-order chi connectivity index (χ0) is 16.5. The minimum atomic E-state index is 0.429. The van der Waals surface area contributed by atoms with E-state index >= 15 is 0 Å². The minimum absolute atomic E-state index is 0.429. The predicted molar refractivity (Wildman–Crippen MR) is 99.2 cm³/mol. The van der Waals surface area contributed by atoms with Crippen molar-refractivity contribution < 1.29 is 4.74 Å². The maximum Gasteiger partial charge on any atom is 0.193 e. The molecule has 0 spiro atoms. The minimum Gasteiger partial charge on any atom is -0.380 e. The summed E-state index contributed by atoms with van der Waals surface area (Å²) in [6, 6.07) is 16.4. The highest BCUT2D eigenvalue weighted by Gasteiger charge is 2.02. The normalized spacial score (nSPS) is 11.5. The van der Waals surface area contributed by atoms with E-state index in [4.69, 9.17) is 10.5 Å². The third kappa shape index (κ3) is 5.96. The number of methoxy groups -OCH3 is 1. The van der Waals surface area contributed by atoms with E-state index in [-0.39, 0.29) is 0 Å². The molecular weight excluding hydrogens is 306 g/mol. The van der Waals surface area contributed by atoms with Crippen LogP contribution in [0.2, 0.25) is 0 Å². The summed E-state index contributed by atoms with van der Waals surface area (Å²) in [6.07, 6.45) is 0. The Labute approximate surface area is 142 Å². The molecule has 2 aromatic rings. The number of nitrogens with one attached hydrogen (secondary N) is 1. The number of rotatable bonds is 7. The van der Waals surface area contributed by atoms with E-state index in [0.29, 0.717) is 19.1 Å². The first-order valence-electron chi connectivity index (χ1n) is 7.52. The quantitative estimate of drug-likeness (QED) is 0.352. The van der Waals surface area contributed by atoms with Crippen molar-refractivity contribution >= 4 is 23.4 Å². The number of hydrogen-bond donors (Lipinski definition) is 2. The molecule has 0 saturated carbocycles. The summed E-state index contributed by atoms with van der Waals surface area (Å²) in [6.45, 7) is 3.30. The fraction of sp³-hybridized carbons (Fsp3) is 0.278. The van der Waals surface area contributed by atoms with Crippen molar-refractivity contribution in [3.63, 3.8) is 0 Å². The number of guanidine groups is 1. The highest BCUT2D eigenvalue weighted by atomic mass is 32.2. The maximum absolute atomic E-state index is 5.96. The van der Waals surface area contributed by atoms with Gasteiger partial charge >= 0.3 is 0 Å². The number of anilines is 1. The van der Waals surface area contributed by atoms with Crippen LogP contribution in [-0.2, 0) is 11.3 Å². The van der Waals surface area contributed by atoms with Crippen molar-refractivity contribution in [1.29, 1.82) is 0 Å². The number of hydrogen-bond acceptors (Lipinski definition) is 3. The van der Waals surface area contributed by atoms with Crippen molar-refractivity contribution in [3.05, 3.63) is 59.7 Å². The molecule has 0 fully saturated rings. The van der Waals surface area contributed by atoms with E-state index in [1.165, 1.54) is 10.5 Å². The van der Waals surface area contributed by atoms with Gasteiger partial charge in [0.25, 0.3) is 0 Å². The van der Waals surface area contributed by atoms with Gasteiger partial charge in [0.2, 0.25) is 0 Å². The topological polar surface area (TPSA) is 59.6 Å². The Bertz CT molecular complexity index is 641. The number of nitrogens with zero attached hydrogens (tertiary/aromatic N) is 1. The Morgan fingerprint density at radius 1 is 1.17 bits per heavy atom. The summed E-state index contributed by atoms with van der Waals surface area (Å²) in [5.41, 5.74) is 9.22. The molecule has 0 saturated heterocycles. The monoisotopic (exact) mass is 329 g/mol. The van der Waals surface area contributed by atoms with Crippen LogP contribution in [0.25, 0.3) is 0 Å². The summed E-state index contributed by atoms with van der Waals surface area (Å²) < 4.78 is 5.18. The third-order valence-electron chi connectivity index (χ3n) is 3.24. The van der Waals surface area contributed by atoms with Gasteiger partial charge in [-0.05, 0) is 25.1 Å². The van der Waals surface area contributed by atoms with Gasteiger partial charge in [0.1, 0.15) is 0 Å². The van der Waals surface area contributed by atoms with Crippen LogP contribution in [0.1, 0.15) is 11.1 Å². The molecule has 0 atom stereocenters. The van der Waals surface area contributed by atoms with Gasteiger partial charge in [-0.25, -0.2) is 0 Å². The zero-order valence-corrected chi connectivity index (χ0v) is 14.4. The lowest BCUT2D eigenvalue weighted by Crippen LogP contribution is -2.23. The number of benzene rings is 2. The second-order valence-corrected chi connectivity index (χ2v) is 6.31. The van der Waals surface area contributed by atoms with E-state index in [2.05, 4.69) is 41.5 Å². The highest BCUT2D eigenvalue weighted by molar-refractivity contribution is 7.99. The molecule has 0 aliphatic heterocycles. The van der Waals surface area contributed by atoms with Crippen LogP contribution in [-0.4, -0.2) is 25.4 Å². The van der Waals surface area contributed by atoms with Gasteiger partial charge in [-0.1, -0.05) is 35.9 Å². The molecule has 3 N–H and O–H groups in total. The third-order valence-corrected chi connectivity index (χ3v) is 4.24. The molecule has 0 amide bonds. The number of aryl methyl sites for hydroxylation is 1. The van der Waals surface area contributed by atoms with Crippen molar-refractivity contribution in [2.24, 2.45) is 10.7 Å². The fourth-order valence-corrected chi connectivity index (χ4v) is 2.81. The van der Waals surface area contributed by atoms with Crippen LogP contribution in [0.15, 0.2) is 58.4 Å². The summed E-state index contributed by atoms with van der Waals surface area (Å²) in [7, 11) is 1.68. The molecular formula is C18H23N3OS. The number of aliphatic imine (C=N–C) groups is 1. The van der Waals surface area contributed by atoms with E-state index < -0.39 is 0 Å². The molecule has 2 aromatic carbocycles. The molecule has 0 aromatic heterocycles. The predicted octanol–water partition coefficient (Wildman–Crippen LogP) is 3.66. The lowest BCUT2D eigenvalue weighted by atomic mass is 10.2. The molecule has 2 rings (SSSR count). The second-order valence-electron chi connectivity index (χ2n) is 5.14. The molecule has 4 nitrogen and oxygen atoms in total. The largest absolute Gasteiger partial charge is 0.380 e. The van der Waals surface area contributed by atoms with Gasteiger partial charge in [0.15, 0.2) is 5.96 Å². The molecule has 23 heavy (non-hydrogen) atoms.